The van der Waals surface area contributed by atoms with Gasteiger partial charge in [-0.1, -0.05) is 37.3 Å². The Morgan fingerprint density at radius 1 is 1.15 bits per heavy atom. The normalized spacial score (nSPS) is 33.0. The first kappa shape index (κ1) is 14.1. The Hall–Kier alpha value is -0.900. The molecule has 0 aromatic heterocycles. The van der Waals surface area contributed by atoms with Crippen LogP contribution in [0.1, 0.15) is 38.2 Å². The maximum Gasteiger partial charge on any atom is 0.0946 e. The minimum atomic E-state index is -0.109. The highest BCUT2D eigenvalue weighted by molar-refractivity contribution is 5.13. The molecule has 0 saturated carbocycles. The van der Waals surface area contributed by atoms with Crippen LogP contribution in [0.25, 0.3) is 0 Å². The molecule has 0 amide bonds. The van der Waals surface area contributed by atoms with Crippen molar-refractivity contribution in [3.05, 3.63) is 35.9 Å². The molecule has 0 N–H and O–H groups in total. The molecule has 2 aliphatic heterocycles. The van der Waals surface area contributed by atoms with E-state index < -0.39 is 0 Å². The number of benzene rings is 1. The van der Waals surface area contributed by atoms with E-state index in [1.165, 1.54) is 5.56 Å². The van der Waals surface area contributed by atoms with Gasteiger partial charge >= 0.3 is 0 Å². The van der Waals surface area contributed by atoms with E-state index in [0.29, 0.717) is 13.2 Å². The van der Waals surface area contributed by atoms with E-state index in [0.717, 1.165) is 38.9 Å². The van der Waals surface area contributed by atoms with Crippen molar-refractivity contribution in [1.29, 1.82) is 0 Å². The van der Waals surface area contributed by atoms with Gasteiger partial charge in [0.25, 0.3) is 0 Å². The average molecular weight is 276 g/mol. The first-order valence-electron chi connectivity index (χ1n) is 7.66. The molecule has 3 heteroatoms. The van der Waals surface area contributed by atoms with Crippen LogP contribution in [0.5, 0.6) is 0 Å². The summed E-state index contributed by atoms with van der Waals surface area (Å²) in [6.07, 6.45) is 4.23. The topological polar surface area (TPSA) is 27.7 Å². The lowest BCUT2D eigenvalue weighted by Crippen LogP contribution is -2.39. The molecule has 1 spiro atoms. The van der Waals surface area contributed by atoms with Gasteiger partial charge in [-0.25, -0.2) is 0 Å². The summed E-state index contributed by atoms with van der Waals surface area (Å²) in [4.78, 5) is 0. The summed E-state index contributed by atoms with van der Waals surface area (Å²) in [6, 6.07) is 10.3. The van der Waals surface area contributed by atoms with Crippen molar-refractivity contribution < 1.29 is 14.2 Å². The third kappa shape index (κ3) is 2.90. The molecule has 0 aliphatic carbocycles. The third-order valence-electron chi connectivity index (χ3n) is 4.66. The molecule has 3 nitrogen and oxygen atoms in total. The van der Waals surface area contributed by atoms with Gasteiger partial charge in [0.2, 0.25) is 0 Å². The highest BCUT2D eigenvalue weighted by Gasteiger charge is 2.50. The zero-order valence-corrected chi connectivity index (χ0v) is 12.3. The Morgan fingerprint density at radius 2 is 2.00 bits per heavy atom. The van der Waals surface area contributed by atoms with Crippen LogP contribution in [0.15, 0.2) is 30.3 Å². The predicted molar refractivity (Wildman–Crippen MR) is 77.6 cm³/mol. The van der Waals surface area contributed by atoms with Crippen LogP contribution >= 0.6 is 0 Å². The van der Waals surface area contributed by atoms with Crippen LogP contribution in [-0.4, -0.2) is 31.0 Å². The highest BCUT2D eigenvalue weighted by atomic mass is 16.6. The largest absolute Gasteiger partial charge is 0.378 e. The molecule has 2 aliphatic rings. The smallest absolute Gasteiger partial charge is 0.0946 e. The molecule has 2 atom stereocenters. The molecule has 1 aromatic rings. The zero-order valence-electron chi connectivity index (χ0n) is 12.3. The van der Waals surface area contributed by atoms with Crippen LogP contribution in [0.4, 0.5) is 0 Å². The number of rotatable bonds is 5. The second-order valence-corrected chi connectivity index (χ2v) is 6.10. The Balaban J connectivity index is 1.55. The summed E-state index contributed by atoms with van der Waals surface area (Å²) >= 11 is 0. The fourth-order valence-corrected chi connectivity index (χ4v) is 3.26. The molecular weight excluding hydrogens is 252 g/mol. The Bertz CT molecular complexity index is 425. The monoisotopic (exact) mass is 276 g/mol. The van der Waals surface area contributed by atoms with Gasteiger partial charge in [-0.3, -0.25) is 0 Å². The lowest BCUT2D eigenvalue weighted by atomic mass is 9.94. The quantitative estimate of drug-likeness (QED) is 0.825. The van der Waals surface area contributed by atoms with Crippen LogP contribution < -0.4 is 0 Å². The Labute approximate surface area is 121 Å². The van der Waals surface area contributed by atoms with E-state index in [4.69, 9.17) is 14.2 Å². The van der Waals surface area contributed by atoms with Gasteiger partial charge in [-0.2, -0.15) is 0 Å². The van der Waals surface area contributed by atoms with Crippen LogP contribution in [0.2, 0.25) is 0 Å². The van der Waals surface area contributed by atoms with Crippen molar-refractivity contribution in [2.45, 2.75) is 50.4 Å². The van der Waals surface area contributed by atoms with Gasteiger partial charge in [0.15, 0.2) is 0 Å². The molecule has 2 heterocycles. The molecule has 2 fully saturated rings. The maximum atomic E-state index is 6.43. The molecule has 2 saturated heterocycles. The number of ether oxygens (including phenoxy) is 3. The average Bonchev–Trinajstić information content (AvgIpc) is 3.09. The first-order chi connectivity index (χ1) is 9.76. The van der Waals surface area contributed by atoms with E-state index in [1.54, 1.807) is 0 Å². The van der Waals surface area contributed by atoms with Gasteiger partial charge in [-0.05, 0) is 24.8 Å². The molecule has 20 heavy (non-hydrogen) atoms. The third-order valence-corrected chi connectivity index (χ3v) is 4.66. The van der Waals surface area contributed by atoms with Crippen molar-refractivity contribution in [3.63, 3.8) is 0 Å². The molecule has 2 unspecified atom stereocenters. The molecule has 0 radical (unpaired) electrons. The lowest BCUT2D eigenvalue weighted by Gasteiger charge is -2.31. The second kappa shape index (κ2) is 5.84. The molecule has 3 rings (SSSR count). The standard InChI is InChI=1S/C17H24O3/c1-2-16(8-9-17(20-16)10-11-18-14-17)13-19-12-15-6-4-3-5-7-15/h3-7H,2,8-14H2,1H3. The fraction of sp³-hybridized carbons (Fsp3) is 0.647. The molecule has 0 bridgehead atoms. The van der Waals surface area contributed by atoms with Crippen LogP contribution in [-0.2, 0) is 20.8 Å². The SMILES string of the molecule is CCC1(COCc2ccccc2)CCC2(CCOC2)O1. The van der Waals surface area contributed by atoms with E-state index in [9.17, 15) is 0 Å². The van der Waals surface area contributed by atoms with Gasteiger partial charge in [0.1, 0.15) is 0 Å². The summed E-state index contributed by atoms with van der Waals surface area (Å²) in [7, 11) is 0. The van der Waals surface area contributed by atoms with Crippen molar-refractivity contribution in [2.75, 3.05) is 19.8 Å². The van der Waals surface area contributed by atoms with E-state index in [2.05, 4.69) is 19.1 Å². The first-order valence-corrected chi connectivity index (χ1v) is 7.66. The minimum absolute atomic E-state index is 0.0217. The Morgan fingerprint density at radius 3 is 2.70 bits per heavy atom. The summed E-state index contributed by atoms with van der Waals surface area (Å²) < 4.78 is 17.9. The van der Waals surface area contributed by atoms with Gasteiger partial charge in [-0.15, -0.1) is 0 Å². The van der Waals surface area contributed by atoms with Gasteiger partial charge in [0, 0.05) is 13.0 Å². The predicted octanol–water partition coefficient (Wildman–Crippen LogP) is 3.32. The Kier molecular flexibility index (Phi) is 4.11. The zero-order chi connectivity index (χ0) is 13.9. The summed E-state index contributed by atoms with van der Waals surface area (Å²) in [5, 5.41) is 0. The second-order valence-electron chi connectivity index (χ2n) is 6.10. The van der Waals surface area contributed by atoms with Crippen molar-refractivity contribution in [3.8, 4) is 0 Å². The van der Waals surface area contributed by atoms with E-state index in [1.807, 2.05) is 18.2 Å². The van der Waals surface area contributed by atoms with E-state index >= 15 is 0 Å². The fourth-order valence-electron chi connectivity index (χ4n) is 3.26. The summed E-state index contributed by atoms with van der Waals surface area (Å²) in [5.41, 5.74) is 1.09. The number of hydrogen-bond acceptors (Lipinski definition) is 3. The lowest BCUT2D eigenvalue weighted by molar-refractivity contribution is -0.139. The maximum absolute atomic E-state index is 6.43. The minimum Gasteiger partial charge on any atom is -0.378 e. The molecule has 1 aromatic carbocycles. The van der Waals surface area contributed by atoms with Crippen LogP contribution in [0, 0.1) is 0 Å². The summed E-state index contributed by atoms with van der Waals surface area (Å²) in [5.74, 6) is 0. The van der Waals surface area contributed by atoms with Gasteiger partial charge in [0.05, 0.1) is 31.0 Å². The number of hydrogen-bond donors (Lipinski definition) is 0. The van der Waals surface area contributed by atoms with E-state index in [-0.39, 0.29) is 11.2 Å². The van der Waals surface area contributed by atoms with Crippen molar-refractivity contribution >= 4 is 0 Å². The van der Waals surface area contributed by atoms with Crippen molar-refractivity contribution in [1.82, 2.24) is 0 Å². The van der Waals surface area contributed by atoms with Crippen LogP contribution in [0.3, 0.4) is 0 Å². The summed E-state index contributed by atoms with van der Waals surface area (Å²) in [6.45, 7) is 5.13. The van der Waals surface area contributed by atoms with Crippen molar-refractivity contribution in [2.24, 2.45) is 0 Å². The van der Waals surface area contributed by atoms with Gasteiger partial charge < -0.3 is 14.2 Å². The molecule has 110 valence electrons. The highest BCUT2D eigenvalue weighted by Crippen LogP contribution is 2.44. The molecular formula is C17H24O3.